The fourth-order valence-corrected chi connectivity index (χ4v) is 1.24. The number of nitrogens with one attached hydrogen (secondary N) is 1. The molecule has 1 aromatic rings. The third-order valence-corrected chi connectivity index (χ3v) is 2.31. The summed E-state index contributed by atoms with van der Waals surface area (Å²) < 4.78 is 1.22. The molecule has 1 aromatic carbocycles. The number of hydrogen-bond donors (Lipinski definition) is 1. The number of hydrogen-bond acceptors (Lipinski definition) is 1. The molecule has 1 amide bonds. The zero-order valence-corrected chi connectivity index (χ0v) is 9.03. The first-order valence-corrected chi connectivity index (χ1v) is 4.68. The van der Waals surface area contributed by atoms with Crippen molar-refractivity contribution in [2.45, 2.75) is 0 Å². The van der Waals surface area contributed by atoms with E-state index < -0.39 is 0 Å². The maximum absolute atomic E-state index is 11.0. The summed E-state index contributed by atoms with van der Waals surface area (Å²) in [5, 5.41) is 2.57. The second-order valence-corrected chi connectivity index (χ2v) is 3.78. The van der Waals surface area contributed by atoms with E-state index in [1.165, 1.54) is 3.27 Å². The second-order valence-electron chi connectivity index (χ2n) is 2.09. The van der Waals surface area contributed by atoms with E-state index in [9.17, 15) is 4.79 Å². The molecule has 1 rings (SSSR count). The first-order chi connectivity index (χ1) is 5.24. The monoisotopic (exact) mass is 344 g/mol. The molecule has 11 heavy (non-hydrogen) atoms. The topological polar surface area (TPSA) is 29.1 Å². The molecule has 0 aliphatic rings. The molecule has 2 nitrogen and oxygen atoms in total. The van der Waals surface area contributed by atoms with E-state index in [-0.39, 0.29) is 5.91 Å². The summed E-state index contributed by atoms with van der Waals surface area (Å²) in [6, 6.07) is 7.55. The molecule has 0 aromatic heterocycles. The normalized spacial score (nSPS) is 9.27. The van der Waals surface area contributed by atoms with Crippen molar-refractivity contribution in [2.75, 3.05) is 7.05 Å². The number of benzene rings is 1. The van der Waals surface area contributed by atoms with Gasteiger partial charge >= 0.3 is 80.9 Å². The molecule has 58 valence electrons. The Morgan fingerprint density at radius 1 is 1.36 bits per heavy atom. The SMILES string of the molecule is CNC(=O)c1ccc([At])cc1. The van der Waals surface area contributed by atoms with Crippen molar-refractivity contribution in [3.8, 4) is 0 Å². The van der Waals surface area contributed by atoms with Gasteiger partial charge in [-0.25, -0.2) is 0 Å². The van der Waals surface area contributed by atoms with E-state index in [0.29, 0.717) is 5.56 Å². The van der Waals surface area contributed by atoms with Gasteiger partial charge in [-0.1, -0.05) is 0 Å². The van der Waals surface area contributed by atoms with Crippen molar-refractivity contribution in [1.29, 1.82) is 0 Å². The van der Waals surface area contributed by atoms with Crippen molar-refractivity contribution in [1.82, 2.24) is 5.32 Å². The number of amides is 1. The van der Waals surface area contributed by atoms with Gasteiger partial charge in [0.1, 0.15) is 0 Å². The fourth-order valence-electron chi connectivity index (χ4n) is 0.746. The average molecular weight is 344 g/mol. The molecular formula is C8H8AtNO. The Bertz CT molecular complexity index is 255. The van der Waals surface area contributed by atoms with Crippen molar-refractivity contribution >= 4 is 9.18 Å². The molecule has 3 heteroatoms. The summed E-state index contributed by atoms with van der Waals surface area (Å²) in [4.78, 5) is 11.0. The van der Waals surface area contributed by atoms with Crippen molar-refractivity contribution in [3.63, 3.8) is 0 Å². The first kappa shape index (κ1) is 8.67. The Morgan fingerprint density at radius 2 is 1.91 bits per heavy atom. The molecule has 1 N–H and O–H groups in total. The number of rotatable bonds is 1. The van der Waals surface area contributed by atoms with E-state index >= 15 is 0 Å². The Hall–Kier alpha value is -0.427. The molecule has 0 unspecified atom stereocenters. The fraction of sp³-hybridized carbons (Fsp3) is 0.125. The van der Waals surface area contributed by atoms with Crippen LogP contribution in [-0.4, -0.2) is 13.0 Å². The van der Waals surface area contributed by atoms with Crippen LogP contribution < -0.4 is 8.59 Å². The molecule has 0 aliphatic carbocycles. The van der Waals surface area contributed by atoms with Gasteiger partial charge in [0.05, 0.1) is 0 Å². The Morgan fingerprint density at radius 3 is 2.36 bits per heavy atom. The van der Waals surface area contributed by atoms with Crippen LogP contribution in [-0.2, 0) is 0 Å². The Labute approximate surface area is 80.8 Å². The van der Waals surface area contributed by atoms with Gasteiger partial charge < -0.3 is 0 Å². The molecule has 0 radical (unpaired) electrons. The molecule has 0 saturated carbocycles. The molecule has 0 saturated heterocycles. The summed E-state index contributed by atoms with van der Waals surface area (Å²) >= 11 is 1.61. The van der Waals surface area contributed by atoms with E-state index in [4.69, 9.17) is 0 Å². The molecule has 0 aliphatic heterocycles. The van der Waals surface area contributed by atoms with Crippen molar-refractivity contribution in [3.05, 3.63) is 29.8 Å². The predicted molar refractivity (Wildman–Crippen MR) is 39.5 cm³/mol. The van der Waals surface area contributed by atoms with Crippen LogP contribution in [0.5, 0.6) is 0 Å². The Kier molecular flexibility index (Phi) is 3.01. The molecular weight excluding hydrogens is 336 g/mol. The third kappa shape index (κ3) is 2.26. The van der Waals surface area contributed by atoms with Gasteiger partial charge in [0.25, 0.3) is 0 Å². The van der Waals surface area contributed by atoms with Gasteiger partial charge in [-0.3, -0.25) is 0 Å². The van der Waals surface area contributed by atoms with Crippen LogP contribution in [0.3, 0.4) is 0 Å². The Balaban J connectivity index is 2.90. The zero-order valence-electron chi connectivity index (χ0n) is 6.10. The predicted octanol–water partition coefficient (Wildman–Crippen LogP) is 0.221. The van der Waals surface area contributed by atoms with Crippen LogP contribution in [0.15, 0.2) is 24.3 Å². The average Bonchev–Trinajstić information content (AvgIpc) is 2.05. The van der Waals surface area contributed by atoms with Crippen LogP contribution >= 0.6 is 0 Å². The molecule has 0 heterocycles. The molecule has 0 bridgehead atoms. The summed E-state index contributed by atoms with van der Waals surface area (Å²) in [5.74, 6) is -0.0309. The standard InChI is InChI=1S/C8H8AtNO/c1-10-8(11)6-2-4-7(9)5-3-6/h2-5H,1H3,(H,10,11). The van der Waals surface area contributed by atoms with Gasteiger partial charge in [0.15, 0.2) is 0 Å². The summed E-state index contributed by atoms with van der Waals surface area (Å²) in [7, 11) is 1.63. The minimum atomic E-state index is -0.0309. The van der Waals surface area contributed by atoms with Crippen molar-refractivity contribution < 1.29 is 29.5 Å². The van der Waals surface area contributed by atoms with Crippen LogP contribution in [0.25, 0.3) is 0 Å². The summed E-state index contributed by atoms with van der Waals surface area (Å²) in [6.45, 7) is 0. The summed E-state index contributed by atoms with van der Waals surface area (Å²) in [5.41, 5.74) is 0.715. The third-order valence-electron chi connectivity index (χ3n) is 1.33. The molecule has 0 atom stereocenters. The van der Waals surface area contributed by atoms with Crippen LogP contribution in [0, 0.1) is 24.7 Å². The van der Waals surface area contributed by atoms with Crippen LogP contribution in [0.4, 0.5) is 0 Å². The van der Waals surface area contributed by atoms with Gasteiger partial charge in [0.2, 0.25) is 0 Å². The van der Waals surface area contributed by atoms with Crippen LogP contribution in [0.2, 0.25) is 0 Å². The van der Waals surface area contributed by atoms with E-state index in [2.05, 4.69) is 5.32 Å². The maximum atomic E-state index is 11.0. The van der Waals surface area contributed by atoms with Gasteiger partial charge in [-0.2, -0.15) is 0 Å². The van der Waals surface area contributed by atoms with Gasteiger partial charge in [0, 0.05) is 0 Å². The minimum absolute atomic E-state index is 0.0309. The van der Waals surface area contributed by atoms with Gasteiger partial charge in [-0.15, -0.1) is 0 Å². The van der Waals surface area contributed by atoms with Crippen molar-refractivity contribution in [2.24, 2.45) is 0 Å². The second kappa shape index (κ2) is 3.82. The van der Waals surface area contributed by atoms with Gasteiger partial charge in [-0.05, 0) is 0 Å². The quantitative estimate of drug-likeness (QED) is 0.776. The molecule has 0 fully saturated rings. The summed E-state index contributed by atoms with van der Waals surface area (Å²) in [6.07, 6.45) is 0. The zero-order chi connectivity index (χ0) is 8.27. The molecule has 0 spiro atoms. The van der Waals surface area contributed by atoms with Crippen LogP contribution in [0.1, 0.15) is 10.4 Å². The van der Waals surface area contributed by atoms with E-state index in [1.807, 2.05) is 24.3 Å². The van der Waals surface area contributed by atoms with E-state index in [0.717, 1.165) is 0 Å². The van der Waals surface area contributed by atoms with E-state index in [1.54, 1.807) is 31.8 Å². The first-order valence-electron chi connectivity index (χ1n) is 3.21. The number of carbonyl (C=O) groups is 1. The number of carbonyl (C=O) groups excluding carboxylic acids is 1.